The number of hydrogen-bond acceptors (Lipinski definition) is 3. The minimum atomic E-state index is 0.596. The molecular weight excluding hydrogens is 313 g/mol. The zero-order chi connectivity index (χ0) is 14.3. The van der Waals surface area contributed by atoms with E-state index in [4.69, 9.17) is 28.9 Å². The molecule has 0 saturated carbocycles. The summed E-state index contributed by atoms with van der Waals surface area (Å²) in [5, 5.41) is 3.34. The summed E-state index contributed by atoms with van der Waals surface area (Å²) < 4.78 is 2.14. The first-order valence-corrected chi connectivity index (χ1v) is 7.86. The van der Waals surface area contributed by atoms with Crippen LogP contribution >= 0.6 is 34.5 Å². The van der Waals surface area contributed by atoms with E-state index in [1.54, 1.807) is 17.4 Å². The van der Waals surface area contributed by atoms with Gasteiger partial charge in [-0.3, -0.25) is 4.40 Å². The van der Waals surface area contributed by atoms with E-state index < -0.39 is 0 Å². The van der Waals surface area contributed by atoms with Crippen LogP contribution in [0.2, 0.25) is 10.0 Å². The van der Waals surface area contributed by atoms with Gasteiger partial charge in [-0.25, -0.2) is 4.98 Å². The lowest BCUT2D eigenvalue weighted by Crippen LogP contribution is -2.06. The summed E-state index contributed by atoms with van der Waals surface area (Å²) in [4.78, 5) is 5.55. The molecule has 0 aliphatic heterocycles. The van der Waals surface area contributed by atoms with Crippen LogP contribution < -0.4 is 5.73 Å². The molecule has 3 nitrogen and oxygen atoms in total. The van der Waals surface area contributed by atoms with Gasteiger partial charge >= 0.3 is 0 Å². The number of nitrogens with zero attached hydrogens (tertiary/aromatic N) is 2. The van der Waals surface area contributed by atoms with E-state index in [2.05, 4.69) is 14.8 Å². The largest absolute Gasteiger partial charge is 0.330 e. The predicted octanol–water partition coefficient (Wildman–Crippen LogP) is 4.18. The Bertz CT molecular complexity index is 776. The van der Waals surface area contributed by atoms with E-state index in [1.807, 2.05) is 19.1 Å². The second-order valence-corrected chi connectivity index (χ2v) is 6.23. The van der Waals surface area contributed by atoms with Crippen molar-refractivity contribution in [1.29, 1.82) is 0 Å². The van der Waals surface area contributed by atoms with Crippen LogP contribution in [0, 0.1) is 6.92 Å². The molecule has 0 unspecified atom stereocenters. The van der Waals surface area contributed by atoms with Crippen molar-refractivity contribution in [1.82, 2.24) is 9.38 Å². The molecule has 20 heavy (non-hydrogen) atoms. The van der Waals surface area contributed by atoms with Crippen molar-refractivity contribution in [2.45, 2.75) is 13.3 Å². The van der Waals surface area contributed by atoms with E-state index >= 15 is 0 Å². The third-order valence-corrected chi connectivity index (χ3v) is 4.62. The van der Waals surface area contributed by atoms with Gasteiger partial charge in [0.15, 0.2) is 4.96 Å². The second-order valence-electron chi connectivity index (χ2n) is 4.55. The van der Waals surface area contributed by atoms with Gasteiger partial charge in [-0.1, -0.05) is 23.2 Å². The maximum Gasteiger partial charge on any atom is 0.194 e. The van der Waals surface area contributed by atoms with Gasteiger partial charge in [-0.2, -0.15) is 0 Å². The highest BCUT2D eigenvalue weighted by atomic mass is 35.5. The van der Waals surface area contributed by atoms with E-state index in [-0.39, 0.29) is 0 Å². The average molecular weight is 326 g/mol. The minimum Gasteiger partial charge on any atom is -0.330 e. The molecule has 104 valence electrons. The molecule has 0 radical (unpaired) electrons. The molecule has 0 atom stereocenters. The third-order valence-electron chi connectivity index (χ3n) is 3.25. The van der Waals surface area contributed by atoms with Gasteiger partial charge in [0.05, 0.1) is 16.4 Å². The van der Waals surface area contributed by atoms with Gasteiger partial charge in [0.1, 0.15) is 0 Å². The summed E-state index contributed by atoms with van der Waals surface area (Å²) in [6.07, 6.45) is 0.794. The summed E-state index contributed by atoms with van der Waals surface area (Å²) in [6, 6.07) is 5.54. The fourth-order valence-electron chi connectivity index (χ4n) is 2.33. The van der Waals surface area contributed by atoms with Crippen molar-refractivity contribution in [2.24, 2.45) is 5.73 Å². The molecule has 0 fully saturated rings. The van der Waals surface area contributed by atoms with Gasteiger partial charge in [-0.15, -0.1) is 11.3 Å². The van der Waals surface area contributed by atoms with Crippen molar-refractivity contribution in [3.05, 3.63) is 45.0 Å². The molecule has 1 aromatic carbocycles. The van der Waals surface area contributed by atoms with Crippen molar-refractivity contribution in [2.75, 3.05) is 6.54 Å². The van der Waals surface area contributed by atoms with E-state index in [9.17, 15) is 0 Å². The topological polar surface area (TPSA) is 43.3 Å². The van der Waals surface area contributed by atoms with Crippen LogP contribution in [0.25, 0.3) is 16.2 Å². The quantitative estimate of drug-likeness (QED) is 0.785. The van der Waals surface area contributed by atoms with Crippen molar-refractivity contribution >= 4 is 39.5 Å². The number of thiazole rings is 1. The van der Waals surface area contributed by atoms with Gasteiger partial charge in [-0.05, 0) is 31.7 Å². The fourth-order valence-corrected chi connectivity index (χ4v) is 3.79. The molecule has 2 aromatic heterocycles. The van der Waals surface area contributed by atoms with Crippen molar-refractivity contribution in [3.63, 3.8) is 0 Å². The molecule has 0 spiro atoms. The van der Waals surface area contributed by atoms with E-state index in [0.29, 0.717) is 16.6 Å². The molecule has 2 N–H and O–H groups in total. The summed E-state index contributed by atoms with van der Waals surface area (Å²) in [7, 11) is 0. The number of fused-ring (bicyclic) bond motifs is 1. The van der Waals surface area contributed by atoms with Crippen LogP contribution in [-0.2, 0) is 6.42 Å². The SMILES string of the molecule is Cc1nc2scc(-c3ccc(Cl)cc3Cl)n2c1CCN. The first-order valence-electron chi connectivity index (χ1n) is 6.22. The number of halogens is 2. The number of aryl methyl sites for hydroxylation is 1. The Morgan fingerprint density at radius 1 is 1.35 bits per heavy atom. The zero-order valence-electron chi connectivity index (χ0n) is 10.9. The third kappa shape index (κ3) is 2.23. The lowest BCUT2D eigenvalue weighted by atomic mass is 10.1. The molecule has 6 heteroatoms. The summed E-state index contributed by atoms with van der Waals surface area (Å²) in [5.74, 6) is 0. The highest BCUT2D eigenvalue weighted by molar-refractivity contribution is 7.15. The number of nitrogens with two attached hydrogens (primary N) is 1. The number of benzene rings is 1. The normalized spacial score (nSPS) is 11.4. The number of imidazole rings is 1. The lowest BCUT2D eigenvalue weighted by Gasteiger charge is -2.07. The number of rotatable bonds is 3. The summed E-state index contributed by atoms with van der Waals surface area (Å²) in [5.41, 5.74) is 9.87. The van der Waals surface area contributed by atoms with Gasteiger partial charge in [0.2, 0.25) is 0 Å². The van der Waals surface area contributed by atoms with Gasteiger partial charge in [0.25, 0.3) is 0 Å². The van der Waals surface area contributed by atoms with E-state index in [1.165, 1.54) is 0 Å². The zero-order valence-corrected chi connectivity index (χ0v) is 13.2. The Kier molecular flexibility index (Phi) is 3.73. The molecule has 0 aliphatic carbocycles. The summed E-state index contributed by atoms with van der Waals surface area (Å²) >= 11 is 13.9. The molecule has 3 rings (SSSR count). The average Bonchev–Trinajstić information content (AvgIpc) is 2.91. The smallest absolute Gasteiger partial charge is 0.194 e. The molecule has 3 aromatic rings. The lowest BCUT2D eigenvalue weighted by molar-refractivity contribution is 0.899. The number of aromatic nitrogens is 2. The molecule has 0 amide bonds. The maximum atomic E-state index is 6.32. The first-order chi connectivity index (χ1) is 9.61. The molecule has 2 heterocycles. The maximum absolute atomic E-state index is 6.32. The first kappa shape index (κ1) is 13.9. The molecule has 0 saturated heterocycles. The standard InChI is InChI=1S/C14H13Cl2N3S/c1-8-12(4-5-17)19-13(7-20-14(19)18-8)10-3-2-9(15)6-11(10)16/h2-3,6-7H,4-5,17H2,1H3. The highest BCUT2D eigenvalue weighted by Gasteiger charge is 2.16. The Balaban J connectivity index is 2.25. The van der Waals surface area contributed by atoms with Crippen LogP contribution in [0.4, 0.5) is 0 Å². The van der Waals surface area contributed by atoms with Crippen molar-refractivity contribution < 1.29 is 0 Å². The van der Waals surface area contributed by atoms with E-state index in [0.717, 1.165) is 34.0 Å². The van der Waals surface area contributed by atoms with Gasteiger partial charge in [0, 0.05) is 28.1 Å². The number of hydrogen-bond donors (Lipinski definition) is 1. The molecule has 0 aliphatic rings. The minimum absolute atomic E-state index is 0.596. The van der Waals surface area contributed by atoms with Crippen LogP contribution in [0.1, 0.15) is 11.4 Å². The summed E-state index contributed by atoms with van der Waals surface area (Å²) in [6.45, 7) is 2.61. The van der Waals surface area contributed by atoms with Crippen LogP contribution in [0.15, 0.2) is 23.6 Å². The Morgan fingerprint density at radius 2 is 2.15 bits per heavy atom. The van der Waals surface area contributed by atoms with Crippen LogP contribution in [-0.4, -0.2) is 15.9 Å². The molecular formula is C14H13Cl2N3S. The monoisotopic (exact) mass is 325 g/mol. The fraction of sp³-hybridized carbons (Fsp3) is 0.214. The van der Waals surface area contributed by atoms with Crippen LogP contribution in [0.3, 0.4) is 0 Å². The second kappa shape index (κ2) is 5.37. The predicted molar refractivity (Wildman–Crippen MR) is 86.0 cm³/mol. The Hall–Kier alpha value is -1.07. The van der Waals surface area contributed by atoms with Crippen LogP contribution in [0.5, 0.6) is 0 Å². The Labute approximate surface area is 131 Å². The highest BCUT2D eigenvalue weighted by Crippen LogP contribution is 2.34. The van der Waals surface area contributed by atoms with Gasteiger partial charge < -0.3 is 5.73 Å². The molecule has 0 bridgehead atoms. The van der Waals surface area contributed by atoms with Crippen molar-refractivity contribution in [3.8, 4) is 11.3 Å². The Morgan fingerprint density at radius 3 is 2.85 bits per heavy atom.